The summed E-state index contributed by atoms with van der Waals surface area (Å²) < 4.78 is 0. The van der Waals surface area contributed by atoms with Crippen molar-refractivity contribution in [1.82, 2.24) is 10.3 Å². The van der Waals surface area contributed by atoms with Crippen LogP contribution in [-0.4, -0.2) is 27.5 Å². The van der Waals surface area contributed by atoms with Crippen molar-refractivity contribution in [2.45, 2.75) is 18.4 Å². The molecule has 0 saturated carbocycles. The predicted molar refractivity (Wildman–Crippen MR) is 101 cm³/mol. The minimum absolute atomic E-state index is 0.163. The number of carbonyl (C=O) groups is 2. The van der Waals surface area contributed by atoms with Crippen LogP contribution >= 0.6 is 0 Å². The van der Waals surface area contributed by atoms with Crippen LogP contribution in [0.4, 0.5) is 0 Å². The number of rotatable bonds is 4. The van der Waals surface area contributed by atoms with Gasteiger partial charge in [0.1, 0.15) is 0 Å². The highest BCUT2D eigenvalue weighted by molar-refractivity contribution is 6.17. The Balaban J connectivity index is 1.77. The van der Waals surface area contributed by atoms with Gasteiger partial charge in [0.25, 0.3) is 5.91 Å². The molecule has 0 bridgehead atoms. The lowest BCUT2D eigenvalue weighted by atomic mass is 9.87. The van der Waals surface area contributed by atoms with Crippen LogP contribution in [0.5, 0.6) is 0 Å². The first-order valence-corrected chi connectivity index (χ1v) is 8.46. The van der Waals surface area contributed by atoms with E-state index in [0.717, 1.165) is 21.8 Å². The fourth-order valence-corrected chi connectivity index (χ4v) is 3.59. The zero-order valence-electron chi connectivity index (χ0n) is 14.0. The van der Waals surface area contributed by atoms with Crippen LogP contribution in [0.15, 0.2) is 66.8 Å². The molecule has 2 aromatic carbocycles. The number of carboxylic acids is 1. The second-order valence-corrected chi connectivity index (χ2v) is 6.57. The zero-order chi connectivity index (χ0) is 18.1. The average molecular weight is 346 g/mol. The molecule has 0 saturated heterocycles. The Morgan fingerprint density at radius 1 is 1.08 bits per heavy atom. The van der Waals surface area contributed by atoms with E-state index in [-0.39, 0.29) is 12.3 Å². The fraction of sp³-hybridized carbons (Fsp3) is 0.143. The van der Waals surface area contributed by atoms with Crippen molar-refractivity contribution in [3.63, 3.8) is 0 Å². The summed E-state index contributed by atoms with van der Waals surface area (Å²) in [6.45, 7) is 0. The van der Waals surface area contributed by atoms with E-state index in [1.807, 2.05) is 48.6 Å². The van der Waals surface area contributed by atoms with Gasteiger partial charge < -0.3 is 15.4 Å². The van der Waals surface area contributed by atoms with Gasteiger partial charge in [-0.3, -0.25) is 9.59 Å². The summed E-state index contributed by atoms with van der Waals surface area (Å²) in [4.78, 5) is 27.7. The van der Waals surface area contributed by atoms with Gasteiger partial charge >= 0.3 is 5.97 Å². The number of fused-ring (bicyclic) bond motifs is 3. The number of aromatic nitrogens is 1. The molecule has 5 heteroatoms. The van der Waals surface area contributed by atoms with Crippen molar-refractivity contribution in [3.05, 3.63) is 72.3 Å². The number of aromatic amines is 1. The highest BCUT2D eigenvalue weighted by Gasteiger charge is 2.32. The summed E-state index contributed by atoms with van der Waals surface area (Å²) in [5.41, 5.74) is 1.47. The number of hydrogen-bond acceptors (Lipinski definition) is 2. The maximum absolute atomic E-state index is 13.1. The zero-order valence-corrected chi connectivity index (χ0v) is 14.0. The van der Waals surface area contributed by atoms with Crippen LogP contribution in [0.3, 0.4) is 0 Å². The number of carbonyl (C=O) groups excluding carboxylic acids is 1. The summed E-state index contributed by atoms with van der Waals surface area (Å²) in [5.74, 6) is -1.22. The summed E-state index contributed by atoms with van der Waals surface area (Å²) in [6, 6.07) is 13.4. The minimum Gasteiger partial charge on any atom is -0.481 e. The van der Waals surface area contributed by atoms with Crippen LogP contribution in [0.2, 0.25) is 0 Å². The lowest BCUT2D eigenvalue weighted by Gasteiger charge is -2.31. The molecule has 1 aliphatic rings. The number of benzene rings is 2. The summed E-state index contributed by atoms with van der Waals surface area (Å²) in [6.07, 6.45) is 7.55. The third kappa shape index (κ3) is 2.77. The van der Waals surface area contributed by atoms with Crippen LogP contribution in [-0.2, 0) is 4.79 Å². The Morgan fingerprint density at radius 2 is 1.88 bits per heavy atom. The number of aliphatic carboxylic acids is 1. The van der Waals surface area contributed by atoms with E-state index < -0.39 is 11.5 Å². The number of amides is 1. The molecule has 1 aliphatic carbocycles. The van der Waals surface area contributed by atoms with Crippen molar-refractivity contribution in [2.24, 2.45) is 0 Å². The van der Waals surface area contributed by atoms with E-state index >= 15 is 0 Å². The molecular weight excluding hydrogens is 328 g/mol. The molecule has 1 aromatic heterocycles. The molecule has 0 aliphatic heterocycles. The van der Waals surface area contributed by atoms with Crippen molar-refractivity contribution in [1.29, 1.82) is 0 Å². The third-order valence-corrected chi connectivity index (χ3v) is 4.75. The summed E-state index contributed by atoms with van der Waals surface area (Å²) >= 11 is 0. The van der Waals surface area contributed by atoms with Crippen LogP contribution < -0.4 is 5.32 Å². The van der Waals surface area contributed by atoms with Gasteiger partial charge in [-0.1, -0.05) is 48.6 Å². The van der Waals surface area contributed by atoms with Crippen molar-refractivity contribution < 1.29 is 14.7 Å². The van der Waals surface area contributed by atoms with Gasteiger partial charge in [0.15, 0.2) is 0 Å². The van der Waals surface area contributed by atoms with E-state index in [1.54, 1.807) is 18.2 Å². The Morgan fingerprint density at radius 3 is 2.65 bits per heavy atom. The van der Waals surface area contributed by atoms with Gasteiger partial charge in [0.2, 0.25) is 0 Å². The molecule has 1 heterocycles. The molecule has 3 N–H and O–H groups in total. The van der Waals surface area contributed by atoms with Gasteiger partial charge in [0, 0.05) is 27.4 Å². The lowest BCUT2D eigenvalue weighted by Crippen LogP contribution is -2.48. The van der Waals surface area contributed by atoms with E-state index in [9.17, 15) is 14.7 Å². The number of nitrogens with one attached hydrogen (secondary N) is 2. The highest BCUT2D eigenvalue weighted by Crippen LogP contribution is 2.29. The molecule has 5 nitrogen and oxygen atoms in total. The van der Waals surface area contributed by atoms with Crippen LogP contribution in [0, 0.1) is 0 Å². The average Bonchev–Trinajstić information content (AvgIpc) is 3.00. The Labute approximate surface area is 150 Å². The normalized spacial score (nSPS) is 19.1. The SMILES string of the molecule is O=C(O)CC1(NC(=O)c2cccc3[nH]c4ccccc4c23)C=CC=CC1. The molecule has 0 radical (unpaired) electrons. The first-order chi connectivity index (χ1) is 12.6. The number of allylic oxidation sites excluding steroid dienone is 2. The Hall–Kier alpha value is -3.34. The predicted octanol–water partition coefficient (Wildman–Crippen LogP) is 3.78. The van der Waals surface area contributed by atoms with Crippen LogP contribution in [0.25, 0.3) is 21.8 Å². The smallest absolute Gasteiger partial charge is 0.306 e. The van der Waals surface area contributed by atoms with Gasteiger partial charge in [-0.25, -0.2) is 0 Å². The van der Waals surface area contributed by atoms with E-state index in [4.69, 9.17) is 0 Å². The van der Waals surface area contributed by atoms with Gasteiger partial charge in [0.05, 0.1) is 12.0 Å². The molecule has 1 atom stereocenters. The number of H-pyrrole nitrogens is 1. The fourth-order valence-electron chi connectivity index (χ4n) is 3.59. The number of para-hydroxylation sites is 1. The Bertz CT molecular complexity index is 1080. The van der Waals surface area contributed by atoms with E-state index in [2.05, 4.69) is 10.3 Å². The number of hydrogen-bond donors (Lipinski definition) is 3. The van der Waals surface area contributed by atoms with Gasteiger partial charge in [-0.05, 0) is 24.6 Å². The topological polar surface area (TPSA) is 82.2 Å². The highest BCUT2D eigenvalue weighted by atomic mass is 16.4. The number of carboxylic acid groups (broad SMARTS) is 1. The van der Waals surface area contributed by atoms with Crippen molar-refractivity contribution in [2.75, 3.05) is 0 Å². The molecule has 0 fully saturated rings. The van der Waals surface area contributed by atoms with Gasteiger partial charge in [-0.15, -0.1) is 0 Å². The largest absolute Gasteiger partial charge is 0.481 e. The first-order valence-electron chi connectivity index (χ1n) is 8.46. The molecule has 4 rings (SSSR count). The minimum atomic E-state index is -0.949. The molecule has 1 unspecified atom stereocenters. The quantitative estimate of drug-likeness (QED) is 0.672. The molecule has 3 aromatic rings. The van der Waals surface area contributed by atoms with Gasteiger partial charge in [-0.2, -0.15) is 0 Å². The maximum atomic E-state index is 13.1. The molecule has 130 valence electrons. The second kappa shape index (κ2) is 6.19. The lowest BCUT2D eigenvalue weighted by molar-refractivity contribution is -0.138. The molecule has 1 amide bonds. The first kappa shape index (κ1) is 16.1. The molecule has 26 heavy (non-hydrogen) atoms. The standard InChI is InChI=1S/C21H18N2O3/c24-18(25)13-21(11-4-1-5-12-21)23-20(26)15-8-6-10-17-19(15)14-7-2-3-9-16(14)22-17/h1-11,22H,12-13H2,(H,23,26)(H,24,25). The molecular formula is C21H18N2O3. The monoisotopic (exact) mass is 346 g/mol. The Kier molecular flexibility index (Phi) is 3.84. The molecule has 0 spiro atoms. The maximum Gasteiger partial charge on any atom is 0.306 e. The van der Waals surface area contributed by atoms with E-state index in [0.29, 0.717) is 12.0 Å². The summed E-state index contributed by atoms with van der Waals surface area (Å²) in [7, 11) is 0. The third-order valence-electron chi connectivity index (χ3n) is 4.75. The van der Waals surface area contributed by atoms with Crippen molar-refractivity contribution >= 4 is 33.7 Å². The van der Waals surface area contributed by atoms with Crippen LogP contribution in [0.1, 0.15) is 23.2 Å². The summed E-state index contributed by atoms with van der Waals surface area (Å²) in [5, 5.41) is 14.1. The second-order valence-electron chi connectivity index (χ2n) is 6.57. The van der Waals surface area contributed by atoms with E-state index in [1.165, 1.54) is 0 Å². The van der Waals surface area contributed by atoms with Crippen molar-refractivity contribution in [3.8, 4) is 0 Å².